The lowest BCUT2D eigenvalue weighted by atomic mass is 10.0. The van der Waals surface area contributed by atoms with Gasteiger partial charge in [-0.2, -0.15) is 0 Å². The zero-order valence-electron chi connectivity index (χ0n) is 23.3. The van der Waals surface area contributed by atoms with Crippen LogP contribution in [-0.2, 0) is 31.9 Å². The molecule has 0 unspecified atom stereocenters. The number of esters is 1. The number of anilines is 1. The van der Waals surface area contributed by atoms with Crippen molar-refractivity contribution >= 4 is 46.9 Å². The molecule has 0 aromatic heterocycles. The molecule has 0 aliphatic carbocycles. The molecule has 2 rings (SSSR count). The Morgan fingerprint density at radius 3 is 1.90 bits per heavy atom. The standard InChI is InChI=1S/C29H38Cl2FN3O5/c1-5-39-27(37)25(19-20-6-10-22(32)11-7-20)33-26(36)24(34-28(38)40-29(2,3)4)18-21-8-12-23(13-9-21)35(16-14-30)17-15-31/h6-13,24-25H,5,14-19H2,1-4H3,(H,33,36)(H,34,38)/t24-,25-/m0/s1. The number of benzene rings is 2. The van der Waals surface area contributed by atoms with Gasteiger partial charge in [-0.25, -0.2) is 14.0 Å². The van der Waals surface area contributed by atoms with Gasteiger partial charge >= 0.3 is 12.1 Å². The highest BCUT2D eigenvalue weighted by Gasteiger charge is 2.29. The number of hydrogen-bond donors (Lipinski definition) is 2. The largest absolute Gasteiger partial charge is 0.464 e. The zero-order chi connectivity index (χ0) is 29.7. The summed E-state index contributed by atoms with van der Waals surface area (Å²) in [6.07, 6.45) is -0.566. The van der Waals surface area contributed by atoms with Crippen molar-refractivity contribution < 1.29 is 28.2 Å². The van der Waals surface area contributed by atoms with Gasteiger partial charge in [0.25, 0.3) is 0 Å². The van der Waals surface area contributed by atoms with E-state index in [9.17, 15) is 18.8 Å². The van der Waals surface area contributed by atoms with Crippen LogP contribution in [0.3, 0.4) is 0 Å². The number of halogens is 3. The van der Waals surface area contributed by atoms with E-state index in [1.54, 1.807) is 27.7 Å². The maximum absolute atomic E-state index is 13.5. The number of nitrogens with one attached hydrogen (secondary N) is 2. The van der Waals surface area contributed by atoms with Gasteiger partial charge in [0.1, 0.15) is 23.5 Å². The molecule has 2 atom stereocenters. The van der Waals surface area contributed by atoms with Gasteiger partial charge in [0, 0.05) is 43.4 Å². The minimum atomic E-state index is -1.06. The number of alkyl carbamates (subject to hydrolysis) is 1. The monoisotopic (exact) mass is 597 g/mol. The van der Waals surface area contributed by atoms with Crippen LogP contribution in [0.5, 0.6) is 0 Å². The molecular weight excluding hydrogens is 560 g/mol. The van der Waals surface area contributed by atoms with Crippen LogP contribution < -0.4 is 15.5 Å². The van der Waals surface area contributed by atoms with Crippen molar-refractivity contribution in [1.82, 2.24) is 10.6 Å². The Bertz CT molecular complexity index is 1090. The SMILES string of the molecule is CCOC(=O)[C@H](Cc1ccc(F)cc1)NC(=O)[C@H](Cc1ccc(N(CCCl)CCCl)cc1)NC(=O)OC(C)(C)C. The van der Waals surface area contributed by atoms with E-state index in [1.165, 1.54) is 24.3 Å². The highest BCUT2D eigenvalue weighted by Crippen LogP contribution is 2.17. The third-order valence-corrected chi connectivity index (χ3v) is 6.04. The smallest absolute Gasteiger partial charge is 0.408 e. The van der Waals surface area contributed by atoms with Crippen LogP contribution in [0.4, 0.5) is 14.9 Å². The molecular formula is C29H38Cl2FN3O5. The van der Waals surface area contributed by atoms with Gasteiger partial charge < -0.3 is 25.0 Å². The van der Waals surface area contributed by atoms with Gasteiger partial charge in [0.15, 0.2) is 0 Å². The van der Waals surface area contributed by atoms with Crippen molar-refractivity contribution in [3.63, 3.8) is 0 Å². The first kappa shape index (κ1) is 33.2. The second-order valence-corrected chi connectivity index (χ2v) is 10.8. The number of carbonyl (C=O) groups excluding carboxylic acids is 3. The molecule has 2 aromatic carbocycles. The molecule has 11 heteroatoms. The second-order valence-electron chi connectivity index (χ2n) is 10.1. The lowest BCUT2D eigenvalue weighted by Gasteiger charge is -2.26. The maximum atomic E-state index is 13.5. The summed E-state index contributed by atoms with van der Waals surface area (Å²) >= 11 is 11.8. The summed E-state index contributed by atoms with van der Waals surface area (Å²) in [6.45, 7) is 8.18. The molecule has 0 spiro atoms. The Balaban J connectivity index is 2.27. The van der Waals surface area contributed by atoms with E-state index in [4.69, 9.17) is 32.7 Å². The van der Waals surface area contributed by atoms with Crippen molar-refractivity contribution in [3.8, 4) is 0 Å². The van der Waals surface area contributed by atoms with E-state index in [0.29, 0.717) is 30.4 Å². The molecule has 0 saturated carbocycles. The van der Waals surface area contributed by atoms with Gasteiger partial charge in [0.05, 0.1) is 6.61 Å². The van der Waals surface area contributed by atoms with Gasteiger partial charge in [-0.3, -0.25) is 4.79 Å². The summed E-state index contributed by atoms with van der Waals surface area (Å²) in [5.41, 5.74) is 1.54. The molecule has 0 aliphatic rings. The topological polar surface area (TPSA) is 97.0 Å². The van der Waals surface area contributed by atoms with Gasteiger partial charge in [-0.15, -0.1) is 23.2 Å². The van der Waals surface area contributed by atoms with Gasteiger partial charge in [-0.1, -0.05) is 24.3 Å². The van der Waals surface area contributed by atoms with Gasteiger partial charge in [-0.05, 0) is 63.1 Å². The van der Waals surface area contributed by atoms with E-state index >= 15 is 0 Å². The average Bonchev–Trinajstić information content (AvgIpc) is 2.88. The molecule has 0 radical (unpaired) electrons. The molecule has 8 nitrogen and oxygen atoms in total. The molecule has 0 aliphatic heterocycles. The molecule has 0 saturated heterocycles. The van der Waals surface area contributed by atoms with Crippen LogP contribution in [0.1, 0.15) is 38.8 Å². The van der Waals surface area contributed by atoms with Crippen LogP contribution >= 0.6 is 23.2 Å². The lowest BCUT2D eigenvalue weighted by Crippen LogP contribution is -2.54. The number of ether oxygens (including phenoxy) is 2. The van der Waals surface area contributed by atoms with E-state index in [0.717, 1.165) is 11.3 Å². The minimum Gasteiger partial charge on any atom is -0.464 e. The summed E-state index contributed by atoms with van der Waals surface area (Å²) < 4.78 is 23.9. The number of alkyl halides is 2. The predicted octanol–water partition coefficient (Wildman–Crippen LogP) is 4.84. The van der Waals surface area contributed by atoms with Crippen molar-refractivity contribution in [1.29, 1.82) is 0 Å². The second kappa shape index (κ2) is 16.3. The van der Waals surface area contributed by atoms with Crippen LogP contribution in [0.2, 0.25) is 0 Å². The van der Waals surface area contributed by atoms with Gasteiger partial charge in [0.2, 0.25) is 5.91 Å². The first-order valence-corrected chi connectivity index (χ1v) is 14.2. The van der Waals surface area contributed by atoms with Crippen molar-refractivity contribution in [3.05, 3.63) is 65.5 Å². The van der Waals surface area contributed by atoms with Crippen LogP contribution in [0.15, 0.2) is 48.5 Å². The summed E-state index contributed by atoms with van der Waals surface area (Å²) in [5, 5.41) is 5.33. The maximum Gasteiger partial charge on any atom is 0.408 e. The Morgan fingerprint density at radius 1 is 0.875 bits per heavy atom. The lowest BCUT2D eigenvalue weighted by molar-refractivity contribution is -0.147. The first-order chi connectivity index (χ1) is 18.9. The normalized spacial score (nSPS) is 12.7. The molecule has 40 heavy (non-hydrogen) atoms. The van der Waals surface area contributed by atoms with Crippen LogP contribution in [-0.4, -0.2) is 67.1 Å². The van der Waals surface area contributed by atoms with Crippen molar-refractivity contribution in [2.45, 2.75) is 58.2 Å². The number of hydrogen-bond acceptors (Lipinski definition) is 6. The van der Waals surface area contributed by atoms with Crippen molar-refractivity contribution in [2.24, 2.45) is 0 Å². The number of rotatable bonds is 14. The molecule has 0 bridgehead atoms. The highest BCUT2D eigenvalue weighted by molar-refractivity contribution is 6.18. The molecule has 2 aromatic rings. The Labute approximate surface area is 245 Å². The molecule has 220 valence electrons. The highest BCUT2D eigenvalue weighted by atomic mass is 35.5. The van der Waals surface area contributed by atoms with Crippen LogP contribution in [0, 0.1) is 5.82 Å². The number of nitrogens with zero attached hydrogens (tertiary/aromatic N) is 1. The summed E-state index contributed by atoms with van der Waals surface area (Å²) in [7, 11) is 0. The van der Waals surface area contributed by atoms with E-state index < -0.39 is 41.5 Å². The number of carbonyl (C=O) groups is 3. The van der Waals surface area contributed by atoms with Crippen LogP contribution in [0.25, 0.3) is 0 Å². The summed E-state index contributed by atoms with van der Waals surface area (Å²) in [4.78, 5) is 40.8. The van der Waals surface area contributed by atoms with E-state index in [1.807, 2.05) is 29.2 Å². The fourth-order valence-electron chi connectivity index (χ4n) is 3.88. The third-order valence-electron chi connectivity index (χ3n) is 5.70. The first-order valence-electron chi connectivity index (χ1n) is 13.1. The van der Waals surface area contributed by atoms with Crippen molar-refractivity contribution in [2.75, 3.05) is 36.4 Å². The average molecular weight is 599 g/mol. The Hall–Kier alpha value is -3.04. The Kier molecular flexibility index (Phi) is 13.5. The third kappa shape index (κ3) is 11.6. The summed E-state index contributed by atoms with van der Waals surface area (Å²) in [6, 6.07) is 11.0. The molecule has 0 heterocycles. The summed E-state index contributed by atoms with van der Waals surface area (Å²) in [5.74, 6) is -0.762. The van der Waals surface area contributed by atoms with E-state index in [2.05, 4.69) is 10.6 Å². The minimum absolute atomic E-state index is 0.0791. The Morgan fingerprint density at radius 2 is 1.40 bits per heavy atom. The zero-order valence-corrected chi connectivity index (χ0v) is 24.9. The molecule has 0 fully saturated rings. The molecule has 2 N–H and O–H groups in total. The molecule has 2 amide bonds. The fourth-order valence-corrected chi connectivity index (χ4v) is 4.28. The van der Waals surface area contributed by atoms with E-state index in [-0.39, 0.29) is 19.4 Å². The quantitative estimate of drug-likeness (QED) is 0.239. The number of amides is 2. The fraction of sp³-hybridized carbons (Fsp3) is 0.483. The predicted molar refractivity (Wildman–Crippen MR) is 156 cm³/mol.